The summed E-state index contributed by atoms with van der Waals surface area (Å²) >= 11 is 5.47. The number of ether oxygens (including phenoxy) is 1. The zero-order valence-electron chi connectivity index (χ0n) is 17.1. The van der Waals surface area contributed by atoms with Crippen molar-refractivity contribution in [2.75, 3.05) is 6.61 Å². The molecule has 32 heavy (non-hydrogen) atoms. The van der Waals surface area contributed by atoms with Crippen LogP contribution in [-0.2, 0) is 9.53 Å². The molecule has 164 valence electrons. The number of allylic oxidation sites excluding steroid dienone is 1. The van der Waals surface area contributed by atoms with E-state index in [0.717, 1.165) is 9.13 Å². The van der Waals surface area contributed by atoms with Gasteiger partial charge in [-0.3, -0.25) is 9.36 Å². The molecule has 0 bridgehead atoms. The molecule has 2 heterocycles. The Morgan fingerprint density at radius 3 is 2.69 bits per heavy atom. The number of hydrogen-bond acceptors (Lipinski definition) is 6. The Balaban J connectivity index is 1.98. The van der Waals surface area contributed by atoms with E-state index in [1.807, 2.05) is 42.5 Å². The lowest BCUT2D eigenvalue weighted by Gasteiger charge is -2.24. The monoisotopic (exact) mass is 672 g/mol. The summed E-state index contributed by atoms with van der Waals surface area (Å²) in [5.41, 5.74) is 1.96. The quantitative estimate of drug-likeness (QED) is 0.339. The Bertz CT molecular complexity index is 1420. The highest BCUT2D eigenvalue weighted by atomic mass is 127. The lowest BCUT2D eigenvalue weighted by atomic mass is 9.96. The van der Waals surface area contributed by atoms with Crippen molar-refractivity contribution in [3.8, 4) is 5.75 Å². The van der Waals surface area contributed by atoms with Gasteiger partial charge in [0.15, 0.2) is 4.80 Å². The first-order valence-corrected chi connectivity index (χ1v) is 12.7. The summed E-state index contributed by atoms with van der Waals surface area (Å²) in [7, 11) is 0. The summed E-state index contributed by atoms with van der Waals surface area (Å²) < 4.78 is 8.92. The van der Waals surface area contributed by atoms with Gasteiger partial charge in [-0.2, -0.15) is 0 Å². The van der Waals surface area contributed by atoms with Crippen molar-refractivity contribution < 1.29 is 14.6 Å². The molecule has 9 heteroatoms. The van der Waals surface area contributed by atoms with Crippen LogP contribution in [0, 0.1) is 7.14 Å². The zero-order chi connectivity index (χ0) is 23.0. The second-order valence-corrected chi connectivity index (χ2v) is 10.5. The maximum absolute atomic E-state index is 13.5. The maximum Gasteiger partial charge on any atom is 0.338 e. The number of aromatic hydroxyl groups is 1. The number of fused-ring (bicyclic) bond motifs is 1. The minimum atomic E-state index is -0.640. The molecule has 0 saturated heterocycles. The molecule has 1 N–H and O–H groups in total. The van der Waals surface area contributed by atoms with E-state index in [9.17, 15) is 14.7 Å². The standard InChI is InChI=1S/C23H18I2N2O4S/c1-3-31-22(30)18-12(2)26-23-27(19(18)13-7-5-4-6-8-13)21(29)17(32-23)10-14-9-15(24)11-16(25)20(14)28/h4-11,19,28H,3H2,1-2H3/b17-10+/t19-/m1/s1. The van der Waals surface area contributed by atoms with Gasteiger partial charge in [0.2, 0.25) is 0 Å². The Hall–Kier alpha value is -1.99. The van der Waals surface area contributed by atoms with Gasteiger partial charge in [0, 0.05) is 9.13 Å². The predicted molar refractivity (Wildman–Crippen MR) is 140 cm³/mol. The van der Waals surface area contributed by atoms with E-state index in [-0.39, 0.29) is 17.9 Å². The van der Waals surface area contributed by atoms with Crippen molar-refractivity contribution in [3.05, 3.63) is 91.7 Å². The first kappa shape index (κ1) is 23.2. The third kappa shape index (κ3) is 4.29. The van der Waals surface area contributed by atoms with Crippen LogP contribution in [0.15, 0.2) is 63.5 Å². The van der Waals surface area contributed by atoms with E-state index in [1.165, 1.54) is 11.3 Å². The van der Waals surface area contributed by atoms with Crippen molar-refractivity contribution in [2.24, 2.45) is 4.99 Å². The van der Waals surface area contributed by atoms with Gasteiger partial charge in [0.05, 0.1) is 32.0 Å². The number of aromatic nitrogens is 1. The van der Waals surface area contributed by atoms with Crippen LogP contribution >= 0.6 is 56.5 Å². The summed E-state index contributed by atoms with van der Waals surface area (Å²) in [4.78, 5) is 31.4. The van der Waals surface area contributed by atoms with Gasteiger partial charge < -0.3 is 9.84 Å². The smallest absolute Gasteiger partial charge is 0.338 e. The van der Waals surface area contributed by atoms with Crippen LogP contribution in [-0.4, -0.2) is 22.2 Å². The maximum atomic E-state index is 13.5. The van der Waals surface area contributed by atoms with E-state index in [1.54, 1.807) is 24.5 Å². The van der Waals surface area contributed by atoms with Crippen LogP contribution in [0.3, 0.4) is 0 Å². The molecule has 0 unspecified atom stereocenters. The Morgan fingerprint density at radius 2 is 2.00 bits per heavy atom. The van der Waals surface area contributed by atoms with Crippen LogP contribution in [0.25, 0.3) is 6.08 Å². The number of carbonyl (C=O) groups excluding carboxylic acids is 1. The van der Waals surface area contributed by atoms with E-state index in [2.05, 4.69) is 50.2 Å². The first-order valence-electron chi connectivity index (χ1n) is 9.74. The zero-order valence-corrected chi connectivity index (χ0v) is 22.3. The molecule has 1 aromatic heterocycles. The molecule has 1 aliphatic rings. The number of carbonyl (C=O) groups is 1. The highest BCUT2D eigenvalue weighted by Crippen LogP contribution is 2.31. The first-order chi connectivity index (χ1) is 15.3. The van der Waals surface area contributed by atoms with Gasteiger partial charge in [-0.05, 0) is 82.8 Å². The van der Waals surface area contributed by atoms with Gasteiger partial charge in [0.25, 0.3) is 5.56 Å². The molecule has 0 fully saturated rings. The third-order valence-corrected chi connectivity index (χ3v) is 7.40. The normalized spacial score (nSPS) is 16.0. The molecule has 2 aromatic carbocycles. The molecule has 1 aliphatic heterocycles. The molecule has 3 aromatic rings. The molecule has 0 saturated carbocycles. The van der Waals surface area contributed by atoms with Crippen LogP contribution in [0.2, 0.25) is 0 Å². The number of phenolic OH excluding ortho intramolecular Hbond substituents is 1. The highest BCUT2D eigenvalue weighted by Gasteiger charge is 2.33. The van der Waals surface area contributed by atoms with Crippen LogP contribution in [0.5, 0.6) is 5.75 Å². The van der Waals surface area contributed by atoms with E-state index >= 15 is 0 Å². The number of hydrogen-bond donors (Lipinski definition) is 1. The van der Waals surface area contributed by atoms with Gasteiger partial charge in [-0.25, -0.2) is 9.79 Å². The number of nitrogens with zero attached hydrogens (tertiary/aromatic N) is 2. The molecular formula is C23H18I2N2O4S. The van der Waals surface area contributed by atoms with E-state index < -0.39 is 12.0 Å². The van der Waals surface area contributed by atoms with Crippen molar-refractivity contribution in [1.82, 2.24) is 4.57 Å². The molecule has 4 rings (SSSR count). The van der Waals surface area contributed by atoms with Crippen LogP contribution in [0.4, 0.5) is 0 Å². The van der Waals surface area contributed by atoms with Crippen molar-refractivity contribution in [3.63, 3.8) is 0 Å². The van der Waals surface area contributed by atoms with Crippen molar-refractivity contribution in [2.45, 2.75) is 19.9 Å². The second kappa shape index (κ2) is 9.48. The molecule has 0 radical (unpaired) electrons. The fourth-order valence-electron chi connectivity index (χ4n) is 3.58. The highest BCUT2D eigenvalue weighted by molar-refractivity contribution is 14.1. The summed E-state index contributed by atoms with van der Waals surface area (Å²) in [6.45, 7) is 3.73. The molecule has 0 aliphatic carbocycles. The summed E-state index contributed by atoms with van der Waals surface area (Å²) in [6, 6.07) is 12.4. The largest absolute Gasteiger partial charge is 0.506 e. The average molecular weight is 672 g/mol. The van der Waals surface area contributed by atoms with Gasteiger partial charge in [-0.15, -0.1) is 0 Å². The number of phenols is 1. The molecule has 1 atom stereocenters. The average Bonchev–Trinajstić information content (AvgIpc) is 3.06. The van der Waals surface area contributed by atoms with Gasteiger partial charge in [-0.1, -0.05) is 41.7 Å². The van der Waals surface area contributed by atoms with Gasteiger partial charge >= 0.3 is 5.97 Å². The van der Waals surface area contributed by atoms with Gasteiger partial charge in [0.1, 0.15) is 5.75 Å². The number of benzene rings is 2. The number of rotatable bonds is 4. The molecule has 0 spiro atoms. The summed E-state index contributed by atoms with van der Waals surface area (Å²) in [5.74, 6) is -0.360. The minimum absolute atomic E-state index is 0.125. The van der Waals surface area contributed by atoms with Crippen LogP contribution in [0.1, 0.15) is 31.0 Å². The summed E-state index contributed by atoms with van der Waals surface area (Å²) in [6.07, 6.45) is 1.68. The SMILES string of the molecule is CCOC(=O)C1=C(C)N=c2s/c(=C/c3cc(I)cc(I)c3O)c(=O)n2[C@@H]1c1ccccc1. The minimum Gasteiger partial charge on any atom is -0.506 e. The molecular weight excluding hydrogens is 654 g/mol. The third-order valence-electron chi connectivity index (χ3n) is 4.98. The van der Waals surface area contributed by atoms with E-state index in [0.29, 0.717) is 29.7 Å². The number of esters is 1. The van der Waals surface area contributed by atoms with Crippen molar-refractivity contribution in [1.29, 1.82) is 0 Å². The Kier molecular flexibility index (Phi) is 6.86. The number of thiazole rings is 1. The Morgan fingerprint density at radius 1 is 1.28 bits per heavy atom. The van der Waals surface area contributed by atoms with Crippen molar-refractivity contribution >= 4 is 68.6 Å². The summed E-state index contributed by atoms with van der Waals surface area (Å²) in [5, 5.41) is 10.5. The lowest BCUT2D eigenvalue weighted by molar-refractivity contribution is -0.139. The second-order valence-electron chi connectivity index (χ2n) is 7.04. The number of halogens is 2. The molecule has 6 nitrogen and oxygen atoms in total. The van der Waals surface area contributed by atoms with E-state index in [4.69, 9.17) is 4.74 Å². The predicted octanol–water partition coefficient (Wildman–Crippen LogP) is 3.71. The fraction of sp³-hybridized carbons (Fsp3) is 0.174. The Labute approximate surface area is 215 Å². The lowest BCUT2D eigenvalue weighted by Crippen LogP contribution is -2.39. The fourth-order valence-corrected chi connectivity index (χ4v) is 6.51. The topological polar surface area (TPSA) is 80.9 Å². The van der Waals surface area contributed by atoms with Crippen LogP contribution < -0.4 is 14.9 Å². The molecule has 0 amide bonds.